The van der Waals surface area contributed by atoms with Gasteiger partial charge >= 0.3 is 12.0 Å². The number of aryl methyl sites for hydroxylation is 1. The number of hydrogen-bond donors (Lipinski definition) is 0. The first-order valence-electron chi connectivity index (χ1n) is 9.66. The van der Waals surface area contributed by atoms with E-state index in [4.69, 9.17) is 9.15 Å². The lowest BCUT2D eigenvalue weighted by atomic mass is 9.81. The molecule has 2 fully saturated rings. The van der Waals surface area contributed by atoms with Crippen molar-refractivity contribution in [2.24, 2.45) is 0 Å². The summed E-state index contributed by atoms with van der Waals surface area (Å²) in [6.45, 7) is 1.50. The number of fused-ring (bicyclic) bond motifs is 1. The van der Waals surface area contributed by atoms with Crippen LogP contribution in [0.1, 0.15) is 43.4 Å². The zero-order chi connectivity index (χ0) is 19.9. The molecule has 1 spiro atoms. The van der Waals surface area contributed by atoms with Crippen LogP contribution >= 0.6 is 0 Å². The van der Waals surface area contributed by atoms with E-state index in [9.17, 15) is 14.4 Å². The van der Waals surface area contributed by atoms with E-state index in [0.717, 1.165) is 40.7 Å². The maximum atomic E-state index is 12.9. The molecule has 2 heterocycles. The van der Waals surface area contributed by atoms with E-state index in [-0.39, 0.29) is 19.1 Å². The number of esters is 1. The number of benzene rings is 1. The van der Waals surface area contributed by atoms with Crippen molar-refractivity contribution in [2.75, 3.05) is 13.6 Å². The molecule has 0 radical (unpaired) electrons. The quantitative estimate of drug-likeness (QED) is 0.596. The molecule has 1 aromatic carbocycles. The van der Waals surface area contributed by atoms with E-state index in [0.29, 0.717) is 18.6 Å². The van der Waals surface area contributed by atoms with Crippen molar-refractivity contribution in [3.63, 3.8) is 0 Å². The summed E-state index contributed by atoms with van der Waals surface area (Å²) in [7, 11) is 1.65. The first-order chi connectivity index (χ1) is 13.4. The summed E-state index contributed by atoms with van der Waals surface area (Å²) in [6, 6.07) is 7.17. The van der Waals surface area contributed by atoms with Gasteiger partial charge in [0.25, 0.3) is 5.91 Å². The molecule has 3 amide bonds. The van der Waals surface area contributed by atoms with Gasteiger partial charge in [-0.25, -0.2) is 4.79 Å². The minimum absolute atomic E-state index is 0.0312. The summed E-state index contributed by atoms with van der Waals surface area (Å²) in [5.74, 6) is -0.339. The van der Waals surface area contributed by atoms with Crippen molar-refractivity contribution in [3.8, 4) is 0 Å². The normalized spacial score (nSPS) is 19.1. The number of para-hydroxylation sites is 1. The second-order valence-electron chi connectivity index (χ2n) is 7.63. The summed E-state index contributed by atoms with van der Waals surface area (Å²) in [5.41, 5.74) is 0.861. The van der Waals surface area contributed by atoms with E-state index < -0.39 is 17.5 Å². The third kappa shape index (κ3) is 2.85. The van der Waals surface area contributed by atoms with E-state index >= 15 is 0 Å². The maximum absolute atomic E-state index is 12.9. The highest BCUT2D eigenvalue weighted by molar-refractivity contribution is 6.08. The molecule has 0 N–H and O–H groups in total. The van der Waals surface area contributed by atoms with Gasteiger partial charge in [-0.3, -0.25) is 14.5 Å². The van der Waals surface area contributed by atoms with Crippen LogP contribution in [0.4, 0.5) is 4.79 Å². The van der Waals surface area contributed by atoms with Crippen molar-refractivity contribution in [3.05, 3.63) is 35.6 Å². The predicted octanol–water partition coefficient (Wildman–Crippen LogP) is 3.38. The molecule has 1 aliphatic heterocycles. The molecule has 0 bridgehead atoms. The number of hydrogen-bond acceptors (Lipinski definition) is 5. The summed E-state index contributed by atoms with van der Waals surface area (Å²) in [6.07, 6.45) is 4.19. The largest absolute Gasteiger partial charge is 0.457 e. The van der Waals surface area contributed by atoms with Crippen LogP contribution in [0.3, 0.4) is 0 Å². The molecule has 1 saturated carbocycles. The number of nitrogens with zero attached hydrogens (tertiary/aromatic N) is 2. The molecule has 0 atom stereocenters. The lowest BCUT2D eigenvalue weighted by molar-refractivity contribution is -0.149. The van der Waals surface area contributed by atoms with Gasteiger partial charge < -0.3 is 14.1 Å². The first-order valence-corrected chi connectivity index (χ1v) is 9.66. The minimum atomic E-state index is -0.787. The Morgan fingerprint density at radius 3 is 2.61 bits per heavy atom. The highest BCUT2D eigenvalue weighted by atomic mass is 16.5. The van der Waals surface area contributed by atoms with Gasteiger partial charge in [-0.15, -0.1) is 0 Å². The Morgan fingerprint density at radius 2 is 1.89 bits per heavy atom. The molecule has 1 aliphatic carbocycles. The van der Waals surface area contributed by atoms with Gasteiger partial charge in [-0.1, -0.05) is 37.5 Å². The SMILES string of the molecule is Cc1c(COC(=O)CN2C(=O)N(C)C3(CCCCC3)C2=O)oc2ccccc12. The zero-order valence-electron chi connectivity index (χ0n) is 16.2. The fourth-order valence-electron chi connectivity index (χ4n) is 4.35. The van der Waals surface area contributed by atoms with Crippen molar-refractivity contribution in [2.45, 2.75) is 51.2 Å². The standard InChI is InChI=1S/C21H24N2O5/c1-14-15-8-4-5-9-16(15)28-17(14)13-27-18(24)12-23-19(25)21(22(2)20(23)26)10-6-3-7-11-21/h4-5,8-9H,3,6-7,10-13H2,1-2H3. The monoisotopic (exact) mass is 384 g/mol. The predicted molar refractivity (Wildman–Crippen MR) is 101 cm³/mol. The number of carbonyl (C=O) groups is 3. The number of ether oxygens (including phenoxy) is 1. The molecular formula is C21H24N2O5. The first kappa shape index (κ1) is 18.5. The fourth-order valence-corrected chi connectivity index (χ4v) is 4.35. The van der Waals surface area contributed by atoms with E-state index in [1.54, 1.807) is 7.05 Å². The van der Waals surface area contributed by atoms with Gasteiger partial charge in [0.05, 0.1) is 0 Å². The second kappa shape index (κ2) is 6.96. The fraction of sp³-hybridized carbons (Fsp3) is 0.476. The molecule has 7 heteroatoms. The average molecular weight is 384 g/mol. The number of urea groups is 1. The molecule has 148 valence electrons. The van der Waals surface area contributed by atoms with E-state index in [1.807, 2.05) is 31.2 Å². The third-order valence-electron chi connectivity index (χ3n) is 6.08. The lowest BCUT2D eigenvalue weighted by Crippen LogP contribution is -2.49. The van der Waals surface area contributed by atoms with E-state index in [1.165, 1.54) is 4.90 Å². The van der Waals surface area contributed by atoms with Gasteiger partial charge in [0, 0.05) is 18.0 Å². The number of carbonyl (C=O) groups excluding carboxylic acids is 3. The molecule has 2 aliphatic rings. The zero-order valence-corrected chi connectivity index (χ0v) is 16.2. The minimum Gasteiger partial charge on any atom is -0.457 e. The number of rotatable bonds is 4. The van der Waals surface area contributed by atoms with Gasteiger partial charge in [-0.2, -0.15) is 0 Å². The summed E-state index contributed by atoms with van der Waals surface area (Å²) >= 11 is 0. The summed E-state index contributed by atoms with van der Waals surface area (Å²) in [5, 5.41) is 0.972. The Hall–Kier alpha value is -2.83. The third-order valence-corrected chi connectivity index (χ3v) is 6.08. The van der Waals surface area contributed by atoms with Crippen molar-refractivity contribution >= 4 is 28.9 Å². The average Bonchev–Trinajstić information content (AvgIpc) is 3.12. The van der Waals surface area contributed by atoms with Crippen molar-refractivity contribution < 1.29 is 23.5 Å². The molecule has 1 saturated heterocycles. The van der Waals surface area contributed by atoms with Crippen molar-refractivity contribution in [1.82, 2.24) is 9.80 Å². The molecule has 2 aromatic rings. The van der Waals surface area contributed by atoms with Crippen LogP contribution in [-0.4, -0.2) is 46.8 Å². The molecule has 4 rings (SSSR count). The molecule has 7 nitrogen and oxygen atoms in total. The summed E-state index contributed by atoms with van der Waals surface area (Å²) < 4.78 is 11.0. The Kier molecular flexibility index (Phi) is 4.61. The lowest BCUT2D eigenvalue weighted by Gasteiger charge is -2.35. The molecule has 28 heavy (non-hydrogen) atoms. The number of imide groups is 1. The van der Waals surface area contributed by atoms with Crippen LogP contribution in [0.25, 0.3) is 11.0 Å². The Labute approximate surface area is 163 Å². The van der Waals surface area contributed by atoms with E-state index in [2.05, 4.69) is 0 Å². The van der Waals surface area contributed by atoms with Gasteiger partial charge in [-0.05, 0) is 25.8 Å². The Morgan fingerprint density at radius 1 is 1.18 bits per heavy atom. The van der Waals surface area contributed by atoms with Crippen LogP contribution in [0.15, 0.2) is 28.7 Å². The summed E-state index contributed by atoms with van der Waals surface area (Å²) in [4.78, 5) is 40.4. The smallest absolute Gasteiger partial charge is 0.327 e. The highest BCUT2D eigenvalue weighted by Gasteiger charge is 2.55. The molecule has 1 aromatic heterocycles. The van der Waals surface area contributed by atoms with Crippen molar-refractivity contribution in [1.29, 1.82) is 0 Å². The number of furan rings is 1. The van der Waals surface area contributed by atoms with Crippen LogP contribution in [0, 0.1) is 6.92 Å². The van der Waals surface area contributed by atoms with Crippen LogP contribution in [0.2, 0.25) is 0 Å². The topological polar surface area (TPSA) is 80.1 Å². The Bertz CT molecular complexity index is 941. The molecule has 0 unspecified atom stereocenters. The van der Waals surface area contributed by atoms with Gasteiger partial charge in [0.1, 0.15) is 30.0 Å². The maximum Gasteiger partial charge on any atom is 0.327 e. The van der Waals surface area contributed by atoms with Crippen LogP contribution in [-0.2, 0) is 20.9 Å². The van der Waals surface area contributed by atoms with Gasteiger partial charge in [0.15, 0.2) is 0 Å². The molecular weight excluding hydrogens is 360 g/mol. The highest BCUT2D eigenvalue weighted by Crippen LogP contribution is 2.39. The Balaban J connectivity index is 1.42. The number of amides is 3. The second-order valence-corrected chi connectivity index (χ2v) is 7.63. The van der Waals surface area contributed by atoms with Crippen LogP contribution < -0.4 is 0 Å². The van der Waals surface area contributed by atoms with Crippen LogP contribution in [0.5, 0.6) is 0 Å². The van der Waals surface area contributed by atoms with Gasteiger partial charge in [0.2, 0.25) is 0 Å². The number of likely N-dealkylation sites (N-methyl/N-ethyl adjacent to an activating group) is 1.